The predicted octanol–water partition coefficient (Wildman–Crippen LogP) is 3.86. The quantitative estimate of drug-likeness (QED) is 0.422. The summed E-state index contributed by atoms with van der Waals surface area (Å²) >= 11 is 6.15. The highest BCUT2D eigenvalue weighted by Crippen LogP contribution is 2.36. The van der Waals surface area contributed by atoms with Gasteiger partial charge in [-0.05, 0) is 62.2 Å². The molecule has 10 heteroatoms. The number of nitrogens with two attached hydrogens (primary N) is 1. The molecule has 0 saturated carbocycles. The molecule has 5 rings (SSSR count). The summed E-state index contributed by atoms with van der Waals surface area (Å²) in [6.07, 6.45) is 2.57. The fourth-order valence-electron chi connectivity index (χ4n) is 4.92. The molecule has 0 bridgehead atoms. The van der Waals surface area contributed by atoms with Gasteiger partial charge in [-0.3, -0.25) is 4.79 Å². The van der Waals surface area contributed by atoms with Gasteiger partial charge in [0.1, 0.15) is 12.0 Å². The zero-order valence-corrected chi connectivity index (χ0v) is 22.6. The van der Waals surface area contributed by atoms with Crippen molar-refractivity contribution in [2.45, 2.75) is 25.4 Å². The molecular formula is C28H34ClN7O2. The average Bonchev–Trinajstić information content (AvgIpc) is 2.91. The highest BCUT2D eigenvalue weighted by atomic mass is 35.5. The Labute approximate surface area is 228 Å². The van der Waals surface area contributed by atoms with Gasteiger partial charge < -0.3 is 30.9 Å². The van der Waals surface area contributed by atoms with E-state index in [0.717, 1.165) is 48.7 Å². The summed E-state index contributed by atoms with van der Waals surface area (Å²) in [6, 6.07) is 14.0. The lowest BCUT2D eigenvalue weighted by molar-refractivity contribution is -0.00202. The number of carbonyl (C=O) groups excluding carboxylic acids is 1. The number of halogens is 1. The number of nitrogens with zero attached hydrogens (tertiary/aromatic N) is 5. The van der Waals surface area contributed by atoms with Crippen molar-refractivity contribution < 1.29 is 9.90 Å². The molecule has 1 aromatic heterocycles. The van der Waals surface area contributed by atoms with E-state index in [4.69, 9.17) is 17.3 Å². The van der Waals surface area contributed by atoms with Crippen LogP contribution in [-0.2, 0) is 0 Å². The highest BCUT2D eigenvalue weighted by molar-refractivity contribution is 6.32. The number of likely N-dealkylation sites (N-methyl/N-ethyl adjacent to an activating group) is 1. The first kappa shape index (κ1) is 26.2. The standard InChI is InChI=1S/C28H34ClN7O2/c1-28(38)9-11-36(12-10-28)27(37)20-5-3-19(4-6-20)21-7-8-23(35-15-13-34(2)14-16-35)22(17-21)33-26-24(30)25(29)31-18-32-26/h3-8,17-18,38H,9-16,30H2,1-2H3,(H,31,32,33). The van der Waals surface area contributed by atoms with Gasteiger partial charge in [0.2, 0.25) is 0 Å². The number of nitrogens with one attached hydrogen (secondary N) is 1. The summed E-state index contributed by atoms with van der Waals surface area (Å²) < 4.78 is 0. The van der Waals surface area contributed by atoms with Crippen LogP contribution in [0.5, 0.6) is 0 Å². The van der Waals surface area contributed by atoms with Crippen LogP contribution in [0.4, 0.5) is 22.9 Å². The molecule has 0 unspecified atom stereocenters. The minimum atomic E-state index is -0.690. The van der Waals surface area contributed by atoms with Crippen LogP contribution in [0, 0.1) is 0 Å². The van der Waals surface area contributed by atoms with Gasteiger partial charge >= 0.3 is 0 Å². The molecule has 1 amide bonds. The zero-order valence-electron chi connectivity index (χ0n) is 21.8. The van der Waals surface area contributed by atoms with E-state index in [2.05, 4.69) is 50.3 Å². The maximum atomic E-state index is 13.0. The van der Waals surface area contributed by atoms with E-state index < -0.39 is 5.60 Å². The Morgan fingerprint density at radius 2 is 1.66 bits per heavy atom. The van der Waals surface area contributed by atoms with Crippen molar-refractivity contribution >= 4 is 40.4 Å². The predicted molar refractivity (Wildman–Crippen MR) is 152 cm³/mol. The molecule has 0 radical (unpaired) electrons. The van der Waals surface area contributed by atoms with E-state index in [1.54, 1.807) is 0 Å². The second-order valence-corrected chi connectivity index (χ2v) is 10.8. The summed E-state index contributed by atoms with van der Waals surface area (Å²) in [7, 11) is 2.13. The summed E-state index contributed by atoms with van der Waals surface area (Å²) in [5.74, 6) is 0.454. The maximum Gasteiger partial charge on any atom is 0.253 e. The number of hydrogen-bond acceptors (Lipinski definition) is 8. The lowest BCUT2D eigenvalue weighted by Gasteiger charge is -2.35. The topological polar surface area (TPSA) is 111 Å². The molecule has 2 saturated heterocycles. The van der Waals surface area contributed by atoms with E-state index >= 15 is 0 Å². The molecule has 2 aromatic carbocycles. The Bertz CT molecular complexity index is 1300. The fraction of sp³-hybridized carbons (Fsp3) is 0.393. The lowest BCUT2D eigenvalue weighted by Crippen LogP contribution is -2.45. The number of rotatable bonds is 5. The van der Waals surface area contributed by atoms with Gasteiger partial charge in [-0.1, -0.05) is 29.8 Å². The van der Waals surface area contributed by atoms with E-state index in [1.807, 2.05) is 36.1 Å². The minimum Gasteiger partial charge on any atom is -0.393 e. The zero-order chi connectivity index (χ0) is 26.9. The molecule has 2 fully saturated rings. The number of piperazine rings is 1. The van der Waals surface area contributed by atoms with Crippen molar-refractivity contribution in [3.63, 3.8) is 0 Å². The van der Waals surface area contributed by atoms with Crippen LogP contribution in [0.25, 0.3) is 11.1 Å². The average molecular weight is 536 g/mol. The molecule has 0 spiro atoms. The van der Waals surface area contributed by atoms with Crippen LogP contribution < -0.4 is 16.0 Å². The second kappa shape index (κ2) is 10.8. The third-order valence-electron chi connectivity index (χ3n) is 7.52. The number of nitrogen functional groups attached to an aromatic ring is 1. The lowest BCUT2D eigenvalue weighted by atomic mass is 9.93. The molecule has 3 heterocycles. The first-order valence-corrected chi connectivity index (χ1v) is 13.3. The van der Waals surface area contributed by atoms with Crippen molar-refractivity contribution in [2.24, 2.45) is 0 Å². The number of hydrogen-bond donors (Lipinski definition) is 3. The molecule has 0 aliphatic carbocycles. The molecule has 200 valence electrons. The molecular weight excluding hydrogens is 502 g/mol. The highest BCUT2D eigenvalue weighted by Gasteiger charge is 2.30. The first-order valence-electron chi connectivity index (χ1n) is 12.9. The van der Waals surface area contributed by atoms with Crippen LogP contribution >= 0.6 is 11.6 Å². The van der Waals surface area contributed by atoms with E-state index in [-0.39, 0.29) is 11.1 Å². The van der Waals surface area contributed by atoms with Crippen LogP contribution in [0.15, 0.2) is 48.8 Å². The molecule has 2 aliphatic heterocycles. The largest absolute Gasteiger partial charge is 0.393 e. The van der Waals surface area contributed by atoms with Crippen molar-refractivity contribution in [1.29, 1.82) is 0 Å². The van der Waals surface area contributed by atoms with Gasteiger partial charge in [-0.25, -0.2) is 9.97 Å². The number of likely N-dealkylation sites (tertiary alicyclic amines) is 1. The monoisotopic (exact) mass is 535 g/mol. The van der Waals surface area contributed by atoms with Gasteiger partial charge in [0.05, 0.1) is 17.0 Å². The van der Waals surface area contributed by atoms with E-state index in [1.165, 1.54) is 6.33 Å². The Balaban J connectivity index is 1.41. The fourth-order valence-corrected chi connectivity index (χ4v) is 5.05. The summed E-state index contributed by atoms with van der Waals surface area (Å²) in [6.45, 7) is 6.73. The SMILES string of the molecule is CN1CCN(c2ccc(-c3ccc(C(=O)N4CCC(C)(O)CC4)cc3)cc2Nc2ncnc(Cl)c2N)CC1. The third kappa shape index (κ3) is 5.70. The van der Waals surface area contributed by atoms with Crippen LogP contribution in [0.2, 0.25) is 5.15 Å². The van der Waals surface area contributed by atoms with Gasteiger partial charge in [0.15, 0.2) is 11.0 Å². The van der Waals surface area contributed by atoms with Crippen molar-refractivity contribution in [2.75, 3.05) is 62.3 Å². The molecule has 3 aromatic rings. The number of aromatic nitrogens is 2. The number of benzene rings is 2. The number of anilines is 4. The van der Waals surface area contributed by atoms with E-state index in [9.17, 15) is 9.90 Å². The van der Waals surface area contributed by atoms with Crippen molar-refractivity contribution in [1.82, 2.24) is 19.8 Å². The molecule has 4 N–H and O–H groups in total. The van der Waals surface area contributed by atoms with Gasteiger partial charge in [-0.15, -0.1) is 0 Å². The Morgan fingerprint density at radius 1 is 1.00 bits per heavy atom. The number of piperidine rings is 1. The number of aliphatic hydroxyl groups is 1. The normalized spacial score (nSPS) is 17.9. The summed E-state index contributed by atoms with van der Waals surface area (Å²) in [4.78, 5) is 27.8. The van der Waals surface area contributed by atoms with Gasteiger partial charge in [-0.2, -0.15) is 0 Å². The third-order valence-corrected chi connectivity index (χ3v) is 7.82. The van der Waals surface area contributed by atoms with Crippen molar-refractivity contribution in [3.8, 4) is 11.1 Å². The first-order chi connectivity index (χ1) is 18.2. The molecule has 38 heavy (non-hydrogen) atoms. The summed E-state index contributed by atoms with van der Waals surface area (Å²) in [5, 5.41) is 13.8. The maximum absolute atomic E-state index is 13.0. The minimum absolute atomic E-state index is 0.00376. The molecule has 0 atom stereocenters. The van der Waals surface area contributed by atoms with Crippen molar-refractivity contribution in [3.05, 3.63) is 59.5 Å². The van der Waals surface area contributed by atoms with Crippen LogP contribution in [-0.4, -0.2) is 82.7 Å². The Morgan fingerprint density at radius 3 is 2.34 bits per heavy atom. The number of amides is 1. The Kier molecular flexibility index (Phi) is 7.43. The summed E-state index contributed by atoms with van der Waals surface area (Å²) in [5.41, 5.74) is 10.3. The van der Waals surface area contributed by atoms with E-state index in [0.29, 0.717) is 43.0 Å². The Hall–Kier alpha value is -3.40. The van der Waals surface area contributed by atoms with Gasteiger partial charge in [0, 0.05) is 44.8 Å². The van der Waals surface area contributed by atoms with Crippen LogP contribution in [0.3, 0.4) is 0 Å². The molecule has 2 aliphatic rings. The van der Waals surface area contributed by atoms with Gasteiger partial charge in [0.25, 0.3) is 5.91 Å². The number of carbonyl (C=O) groups is 1. The smallest absolute Gasteiger partial charge is 0.253 e. The molecule has 9 nitrogen and oxygen atoms in total. The second-order valence-electron chi connectivity index (χ2n) is 10.4. The van der Waals surface area contributed by atoms with Crippen LogP contribution in [0.1, 0.15) is 30.1 Å².